The first kappa shape index (κ1) is 17.9. The van der Waals surface area contributed by atoms with Crippen molar-refractivity contribution in [2.24, 2.45) is 11.3 Å². The Morgan fingerprint density at radius 3 is 1.00 bits per heavy atom. The molecule has 0 rings (SSSR count). The lowest BCUT2D eigenvalue weighted by Crippen LogP contribution is -2.12. The van der Waals surface area contributed by atoms with Gasteiger partial charge in [0.05, 0.1) is 0 Å². The number of rotatable bonds is 0. The van der Waals surface area contributed by atoms with Gasteiger partial charge in [0.25, 0.3) is 0 Å². The molecule has 0 aliphatic heterocycles. The molecule has 0 fully saturated rings. The molecule has 0 aromatic rings. The second-order valence-electron chi connectivity index (χ2n) is 4.23. The Kier molecular flexibility index (Phi) is 16.4. The van der Waals surface area contributed by atoms with E-state index >= 15 is 0 Å². The van der Waals surface area contributed by atoms with E-state index in [0.29, 0.717) is 5.41 Å². The predicted octanol–water partition coefficient (Wildman–Crippen LogP) is 5.13. The van der Waals surface area contributed by atoms with Gasteiger partial charge in [0.2, 0.25) is 0 Å². The second-order valence-corrected chi connectivity index (χ2v) is 4.23. The highest BCUT2D eigenvalue weighted by atomic mass is 14.2. The lowest BCUT2D eigenvalue weighted by Gasteiger charge is -2.22. The highest BCUT2D eigenvalue weighted by Gasteiger charge is 2.13. The van der Waals surface area contributed by atoms with Gasteiger partial charge in [0.15, 0.2) is 0 Å². The van der Waals surface area contributed by atoms with E-state index in [1.54, 1.807) is 0 Å². The van der Waals surface area contributed by atoms with E-state index in [-0.39, 0.29) is 0 Å². The van der Waals surface area contributed by atoms with Crippen LogP contribution in [0.2, 0.25) is 0 Å². The summed E-state index contributed by atoms with van der Waals surface area (Å²) in [6, 6.07) is 0. The van der Waals surface area contributed by atoms with Crippen LogP contribution in [0.15, 0.2) is 0 Å². The molecule has 0 N–H and O–H groups in total. The maximum atomic E-state index is 2.26. The molecule has 0 radical (unpaired) electrons. The molecule has 0 nitrogen and oxygen atoms in total. The highest BCUT2D eigenvalue weighted by molar-refractivity contribution is 4.64. The number of hydrogen-bond donors (Lipinski definition) is 0. The Balaban J connectivity index is -0.000000137. The van der Waals surface area contributed by atoms with Crippen LogP contribution in [-0.4, -0.2) is 0 Å². The molecule has 78 valence electrons. The molecule has 12 heavy (non-hydrogen) atoms. The minimum absolute atomic E-state index is 0.500. The molecule has 0 aliphatic rings. The van der Waals surface area contributed by atoms with Crippen molar-refractivity contribution in [1.29, 1.82) is 0 Å². The zero-order chi connectivity index (χ0) is 10.8. The van der Waals surface area contributed by atoms with Gasteiger partial charge < -0.3 is 0 Å². The van der Waals surface area contributed by atoms with Crippen LogP contribution in [-0.2, 0) is 0 Å². The van der Waals surface area contributed by atoms with Crippen molar-refractivity contribution in [2.75, 3.05) is 0 Å². The first-order chi connectivity index (χ1) is 5.36. The van der Waals surface area contributed by atoms with E-state index in [1.165, 1.54) is 6.42 Å². The molecule has 0 spiro atoms. The summed E-state index contributed by atoms with van der Waals surface area (Å²) < 4.78 is 0. The summed E-state index contributed by atoms with van der Waals surface area (Å²) in [5, 5.41) is 0. The average molecular weight is 174 g/mol. The van der Waals surface area contributed by atoms with E-state index in [0.717, 1.165) is 5.92 Å². The van der Waals surface area contributed by atoms with Gasteiger partial charge in [0.1, 0.15) is 0 Å². The molecule has 0 heteroatoms. The molecule has 0 saturated heterocycles. The third-order valence-electron chi connectivity index (χ3n) is 1.73. The van der Waals surface area contributed by atoms with E-state index in [2.05, 4.69) is 48.5 Å². The molecule has 0 heterocycles. The smallest absolute Gasteiger partial charge is 0.0360 e. The third-order valence-corrected chi connectivity index (χ3v) is 1.73. The van der Waals surface area contributed by atoms with Gasteiger partial charge in [-0.05, 0) is 11.3 Å². The first-order valence-electron chi connectivity index (χ1n) is 5.36. The summed E-state index contributed by atoms with van der Waals surface area (Å²) in [5.74, 6) is 0.799. The lowest BCUT2D eigenvalue weighted by atomic mass is 9.84. The first-order valence-corrected chi connectivity index (χ1v) is 5.36. The average Bonchev–Trinajstić information content (AvgIpc) is 1.91. The van der Waals surface area contributed by atoms with Crippen molar-refractivity contribution in [3.63, 3.8) is 0 Å². The van der Waals surface area contributed by atoms with Crippen molar-refractivity contribution in [3.8, 4) is 0 Å². The summed E-state index contributed by atoms with van der Waals surface area (Å²) in [7, 11) is 0. The molecular formula is C12H30. The van der Waals surface area contributed by atoms with Crippen LogP contribution in [0, 0.1) is 11.3 Å². The molecule has 0 amide bonds. The van der Waals surface area contributed by atoms with Crippen LogP contribution in [0.25, 0.3) is 0 Å². The van der Waals surface area contributed by atoms with Gasteiger partial charge in [-0.25, -0.2) is 0 Å². The van der Waals surface area contributed by atoms with Crippen LogP contribution >= 0.6 is 0 Å². The maximum Gasteiger partial charge on any atom is -0.0360 e. The fourth-order valence-electron chi connectivity index (χ4n) is 0. The summed E-state index contributed by atoms with van der Waals surface area (Å²) in [4.78, 5) is 0. The predicted molar refractivity (Wildman–Crippen MR) is 61.6 cm³/mol. The fourth-order valence-corrected chi connectivity index (χ4v) is 0. The van der Waals surface area contributed by atoms with Crippen LogP contribution in [0.3, 0.4) is 0 Å². The fraction of sp³-hybridized carbons (Fsp3) is 1.00. The van der Waals surface area contributed by atoms with Crippen LogP contribution in [0.1, 0.15) is 68.7 Å². The zero-order valence-corrected chi connectivity index (χ0v) is 10.8. The largest absolute Gasteiger partial charge is 0.0683 e. The van der Waals surface area contributed by atoms with Gasteiger partial charge in [-0.1, -0.05) is 68.7 Å². The molecule has 0 aromatic heterocycles. The van der Waals surface area contributed by atoms with Crippen molar-refractivity contribution in [1.82, 2.24) is 0 Å². The summed E-state index contributed by atoms with van der Waals surface area (Å²) in [6.45, 7) is 19.5. The van der Waals surface area contributed by atoms with Gasteiger partial charge >= 0.3 is 0 Å². The van der Waals surface area contributed by atoms with Crippen molar-refractivity contribution in [3.05, 3.63) is 0 Å². The van der Waals surface area contributed by atoms with Gasteiger partial charge in [0, 0.05) is 0 Å². The van der Waals surface area contributed by atoms with Gasteiger partial charge in [-0.3, -0.25) is 0 Å². The highest BCUT2D eigenvalue weighted by Crippen LogP contribution is 2.23. The monoisotopic (exact) mass is 174 g/mol. The molecule has 0 unspecified atom stereocenters. The second kappa shape index (κ2) is 11.0. The van der Waals surface area contributed by atoms with E-state index in [1.807, 2.05) is 13.8 Å². The van der Waals surface area contributed by atoms with E-state index < -0.39 is 0 Å². The SMILES string of the molecule is CC.CC(C)C(C)(C)C.CCC. The summed E-state index contributed by atoms with van der Waals surface area (Å²) in [5.41, 5.74) is 0.500. The summed E-state index contributed by atoms with van der Waals surface area (Å²) in [6.07, 6.45) is 1.25. The molecule has 0 bridgehead atoms. The third kappa shape index (κ3) is 22.5. The van der Waals surface area contributed by atoms with Crippen molar-refractivity contribution < 1.29 is 0 Å². The zero-order valence-electron chi connectivity index (χ0n) is 10.8. The normalized spacial score (nSPS) is 9.50. The Morgan fingerprint density at radius 1 is 0.917 bits per heavy atom. The molecule has 0 saturated carbocycles. The quantitative estimate of drug-likeness (QED) is 0.477. The standard InChI is InChI=1S/C7H16.C3H8.C2H6/c1-6(2)7(3,4)5;1-3-2;1-2/h6H,1-5H3;3H2,1-2H3;1-2H3. The summed E-state index contributed by atoms with van der Waals surface area (Å²) >= 11 is 0. The Morgan fingerprint density at radius 2 is 1.00 bits per heavy atom. The van der Waals surface area contributed by atoms with Gasteiger partial charge in [-0.15, -0.1) is 0 Å². The molecule has 0 aliphatic carbocycles. The minimum atomic E-state index is 0.500. The van der Waals surface area contributed by atoms with Gasteiger partial charge in [-0.2, -0.15) is 0 Å². The van der Waals surface area contributed by atoms with Crippen LogP contribution in [0.4, 0.5) is 0 Å². The van der Waals surface area contributed by atoms with Crippen LogP contribution < -0.4 is 0 Å². The van der Waals surface area contributed by atoms with E-state index in [9.17, 15) is 0 Å². The number of hydrogen-bond acceptors (Lipinski definition) is 0. The van der Waals surface area contributed by atoms with Crippen LogP contribution in [0.5, 0.6) is 0 Å². The lowest BCUT2D eigenvalue weighted by molar-refractivity contribution is 0.283. The molecule has 0 atom stereocenters. The Labute approximate surface area is 80.8 Å². The molecular weight excluding hydrogens is 144 g/mol. The topological polar surface area (TPSA) is 0 Å². The minimum Gasteiger partial charge on any atom is -0.0683 e. The Hall–Kier alpha value is 0. The molecule has 0 aromatic carbocycles. The van der Waals surface area contributed by atoms with Crippen molar-refractivity contribution >= 4 is 0 Å². The van der Waals surface area contributed by atoms with E-state index in [4.69, 9.17) is 0 Å². The maximum absolute atomic E-state index is 2.26. The Bertz CT molecular complexity index is 54.9. The van der Waals surface area contributed by atoms with Crippen molar-refractivity contribution in [2.45, 2.75) is 68.7 Å².